The van der Waals surface area contributed by atoms with E-state index in [-0.39, 0.29) is 5.97 Å². The number of aryl methyl sites for hydroxylation is 1. The van der Waals surface area contributed by atoms with Gasteiger partial charge in [0.15, 0.2) is 11.5 Å². The standard InChI is InChI=1S/C14H20O5/c1-5-19-13(15)7-6-10-8-11(16-2)9-12(17-3)14(10)18-4/h8-9H,5-7H2,1-4H3. The van der Waals surface area contributed by atoms with Gasteiger partial charge in [0, 0.05) is 18.1 Å². The third-order valence-corrected chi connectivity index (χ3v) is 2.67. The SMILES string of the molecule is CCOC(=O)CCc1cc(OC)cc(OC)c1OC. The van der Waals surface area contributed by atoms with Crippen molar-refractivity contribution in [3.63, 3.8) is 0 Å². The van der Waals surface area contributed by atoms with Crippen LogP contribution in [-0.4, -0.2) is 33.9 Å². The fraction of sp³-hybridized carbons (Fsp3) is 0.500. The van der Waals surface area contributed by atoms with E-state index in [1.807, 2.05) is 6.07 Å². The summed E-state index contributed by atoms with van der Waals surface area (Å²) in [7, 11) is 4.71. The third-order valence-electron chi connectivity index (χ3n) is 2.67. The van der Waals surface area contributed by atoms with Crippen molar-refractivity contribution in [3.8, 4) is 17.2 Å². The molecule has 0 spiro atoms. The van der Waals surface area contributed by atoms with Crippen molar-refractivity contribution in [1.29, 1.82) is 0 Å². The summed E-state index contributed by atoms with van der Waals surface area (Å²) in [6.07, 6.45) is 0.802. The molecule has 0 saturated carbocycles. The Kier molecular flexibility index (Phi) is 5.99. The summed E-state index contributed by atoms with van der Waals surface area (Å²) in [5, 5.41) is 0. The molecule has 0 bridgehead atoms. The lowest BCUT2D eigenvalue weighted by Gasteiger charge is -2.14. The fourth-order valence-electron chi connectivity index (χ4n) is 1.79. The second-order valence-electron chi connectivity index (χ2n) is 3.83. The summed E-state index contributed by atoms with van der Waals surface area (Å²) < 4.78 is 20.7. The molecule has 0 heterocycles. The number of rotatable bonds is 7. The molecule has 0 atom stereocenters. The first-order chi connectivity index (χ1) is 9.15. The smallest absolute Gasteiger partial charge is 0.306 e. The van der Waals surface area contributed by atoms with Crippen LogP contribution < -0.4 is 14.2 Å². The molecule has 0 aliphatic carbocycles. The fourth-order valence-corrected chi connectivity index (χ4v) is 1.79. The quantitative estimate of drug-likeness (QED) is 0.710. The van der Waals surface area contributed by atoms with Gasteiger partial charge in [0.2, 0.25) is 0 Å². The first-order valence-electron chi connectivity index (χ1n) is 6.10. The Bertz CT molecular complexity index is 428. The minimum Gasteiger partial charge on any atom is -0.497 e. The van der Waals surface area contributed by atoms with Gasteiger partial charge in [0.1, 0.15) is 5.75 Å². The summed E-state index contributed by atoms with van der Waals surface area (Å²) in [6, 6.07) is 3.58. The van der Waals surface area contributed by atoms with Crippen LogP contribution in [0.2, 0.25) is 0 Å². The van der Waals surface area contributed by atoms with Crippen LogP contribution in [0.25, 0.3) is 0 Å². The Labute approximate surface area is 113 Å². The average Bonchev–Trinajstić information content (AvgIpc) is 2.44. The molecule has 0 fully saturated rings. The monoisotopic (exact) mass is 268 g/mol. The summed E-state index contributed by atoms with van der Waals surface area (Å²) in [5.41, 5.74) is 0.853. The van der Waals surface area contributed by atoms with Gasteiger partial charge in [-0.15, -0.1) is 0 Å². The van der Waals surface area contributed by atoms with E-state index in [4.69, 9.17) is 18.9 Å². The lowest BCUT2D eigenvalue weighted by Crippen LogP contribution is -2.06. The second-order valence-corrected chi connectivity index (χ2v) is 3.83. The van der Waals surface area contributed by atoms with E-state index in [9.17, 15) is 4.79 Å². The van der Waals surface area contributed by atoms with Crippen LogP contribution in [0, 0.1) is 0 Å². The van der Waals surface area contributed by atoms with Gasteiger partial charge in [-0.25, -0.2) is 0 Å². The van der Waals surface area contributed by atoms with Gasteiger partial charge >= 0.3 is 5.97 Å². The van der Waals surface area contributed by atoms with Gasteiger partial charge in [0.05, 0.1) is 27.9 Å². The van der Waals surface area contributed by atoms with Gasteiger partial charge in [0.25, 0.3) is 0 Å². The first-order valence-corrected chi connectivity index (χ1v) is 6.10. The van der Waals surface area contributed by atoms with E-state index in [0.717, 1.165) is 5.56 Å². The van der Waals surface area contributed by atoms with Gasteiger partial charge in [-0.1, -0.05) is 0 Å². The molecule has 0 aliphatic heterocycles. The van der Waals surface area contributed by atoms with Crippen LogP contribution in [0.15, 0.2) is 12.1 Å². The second kappa shape index (κ2) is 7.51. The van der Waals surface area contributed by atoms with Crippen molar-refractivity contribution in [2.45, 2.75) is 19.8 Å². The van der Waals surface area contributed by atoms with E-state index in [0.29, 0.717) is 36.7 Å². The van der Waals surface area contributed by atoms with Crippen LogP contribution in [-0.2, 0) is 16.0 Å². The van der Waals surface area contributed by atoms with Crippen molar-refractivity contribution >= 4 is 5.97 Å². The van der Waals surface area contributed by atoms with E-state index in [1.165, 1.54) is 0 Å². The molecule has 106 valence electrons. The highest BCUT2D eigenvalue weighted by Gasteiger charge is 2.14. The van der Waals surface area contributed by atoms with Gasteiger partial charge in [-0.3, -0.25) is 4.79 Å². The predicted octanol–water partition coefficient (Wildman–Crippen LogP) is 2.21. The Morgan fingerprint density at radius 3 is 2.37 bits per heavy atom. The van der Waals surface area contributed by atoms with Gasteiger partial charge in [-0.2, -0.15) is 0 Å². The third kappa shape index (κ3) is 4.05. The molecule has 1 aromatic rings. The summed E-state index contributed by atoms with van der Waals surface area (Å²) in [4.78, 5) is 11.4. The molecule has 0 aromatic heterocycles. The molecule has 0 amide bonds. The van der Waals surface area contributed by atoms with Gasteiger partial charge < -0.3 is 18.9 Å². The van der Waals surface area contributed by atoms with E-state index in [1.54, 1.807) is 34.3 Å². The topological polar surface area (TPSA) is 54.0 Å². The van der Waals surface area contributed by atoms with Crippen LogP contribution in [0.5, 0.6) is 17.2 Å². The lowest BCUT2D eigenvalue weighted by molar-refractivity contribution is -0.143. The molecule has 0 unspecified atom stereocenters. The molecular weight excluding hydrogens is 248 g/mol. The predicted molar refractivity (Wildman–Crippen MR) is 71.1 cm³/mol. The zero-order valence-corrected chi connectivity index (χ0v) is 11.8. The highest BCUT2D eigenvalue weighted by molar-refractivity contribution is 5.70. The number of hydrogen-bond acceptors (Lipinski definition) is 5. The number of ether oxygens (including phenoxy) is 4. The van der Waals surface area contributed by atoms with E-state index >= 15 is 0 Å². The Morgan fingerprint density at radius 1 is 1.11 bits per heavy atom. The maximum atomic E-state index is 11.4. The molecule has 5 nitrogen and oxygen atoms in total. The minimum atomic E-state index is -0.230. The molecule has 0 N–H and O–H groups in total. The number of hydrogen-bond donors (Lipinski definition) is 0. The highest BCUT2D eigenvalue weighted by atomic mass is 16.5. The maximum Gasteiger partial charge on any atom is 0.306 e. The molecular formula is C14H20O5. The zero-order valence-electron chi connectivity index (χ0n) is 11.8. The molecule has 1 aromatic carbocycles. The number of carbonyl (C=O) groups is 1. The van der Waals surface area contributed by atoms with Crippen LogP contribution in [0.1, 0.15) is 18.9 Å². The molecule has 0 radical (unpaired) electrons. The minimum absolute atomic E-state index is 0.230. The van der Waals surface area contributed by atoms with E-state index in [2.05, 4.69) is 0 Å². The Balaban J connectivity index is 2.93. The Hall–Kier alpha value is -1.91. The molecule has 0 saturated heterocycles. The summed E-state index contributed by atoms with van der Waals surface area (Å²) in [6.45, 7) is 2.17. The highest BCUT2D eigenvalue weighted by Crippen LogP contribution is 2.36. The number of benzene rings is 1. The van der Waals surface area contributed by atoms with Crippen LogP contribution in [0.3, 0.4) is 0 Å². The molecule has 5 heteroatoms. The van der Waals surface area contributed by atoms with Crippen molar-refractivity contribution in [3.05, 3.63) is 17.7 Å². The van der Waals surface area contributed by atoms with Crippen LogP contribution in [0.4, 0.5) is 0 Å². The largest absolute Gasteiger partial charge is 0.497 e. The Morgan fingerprint density at radius 2 is 1.84 bits per heavy atom. The average molecular weight is 268 g/mol. The zero-order chi connectivity index (χ0) is 14.3. The summed E-state index contributed by atoms with van der Waals surface area (Å²) >= 11 is 0. The molecule has 19 heavy (non-hydrogen) atoms. The van der Waals surface area contributed by atoms with Crippen molar-refractivity contribution < 1.29 is 23.7 Å². The first kappa shape index (κ1) is 15.1. The van der Waals surface area contributed by atoms with Crippen molar-refractivity contribution in [2.24, 2.45) is 0 Å². The number of esters is 1. The molecule has 1 rings (SSSR count). The van der Waals surface area contributed by atoms with Gasteiger partial charge in [-0.05, 0) is 19.4 Å². The van der Waals surface area contributed by atoms with Crippen LogP contribution >= 0.6 is 0 Å². The lowest BCUT2D eigenvalue weighted by atomic mass is 10.1. The molecule has 0 aliphatic rings. The van der Waals surface area contributed by atoms with Crippen molar-refractivity contribution in [2.75, 3.05) is 27.9 Å². The number of methoxy groups -OCH3 is 3. The maximum absolute atomic E-state index is 11.4. The number of carbonyl (C=O) groups excluding carboxylic acids is 1. The van der Waals surface area contributed by atoms with Crippen molar-refractivity contribution in [1.82, 2.24) is 0 Å². The van der Waals surface area contributed by atoms with E-state index < -0.39 is 0 Å². The summed E-state index contributed by atoms with van der Waals surface area (Å²) in [5.74, 6) is 1.64. The normalized spacial score (nSPS) is 9.89.